The van der Waals surface area contributed by atoms with E-state index in [4.69, 9.17) is 18.0 Å². The van der Waals surface area contributed by atoms with Gasteiger partial charge in [-0.3, -0.25) is 0 Å². The normalized spacial score (nSPS) is 11.1. The van der Waals surface area contributed by atoms with E-state index in [0.717, 1.165) is 22.4 Å². The van der Waals surface area contributed by atoms with Crippen molar-refractivity contribution in [2.24, 2.45) is 10.7 Å². The molecule has 3 aromatic carbocycles. The minimum atomic E-state index is 0.0977. The van der Waals surface area contributed by atoms with Crippen molar-refractivity contribution < 1.29 is 0 Å². The van der Waals surface area contributed by atoms with Crippen LogP contribution < -0.4 is 11.1 Å². The molecule has 0 saturated heterocycles. The van der Waals surface area contributed by atoms with E-state index < -0.39 is 0 Å². The standard InChI is InChI=1S/C20H17N3S/c21-20(24)23-19(16-10-5-2-6-11-16)22-18-13-7-12-17(14-18)15-8-3-1-4-9-15/h1-14H,(H3,21,22,23,24). The fourth-order valence-corrected chi connectivity index (χ4v) is 2.51. The molecule has 0 unspecified atom stereocenters. The Morgan fingerprint density at radius 3 is 2.08 bits per heavy atom. The van der Waals surface area contributed by atoms with Gasteiger partial charge in [0.1, 0.15) is 5.84 Å². The average Bonchev–Trinajstić information content (AvgIpc) is 2.62. The highest BCUT2D eigenvalue weighted by Crippen LogP contribution is 2.22. The van der Waals surface area contributed by atoms with Crippen LogP contribution in [0.15, 0.2) is 89.9 Å². The number of nitrogens with one attached hydrogen (secondary N) is 1. The predicted molar refractivity (Wildman–Crippen MR) is 105 cm³/mol. The van der Waals surface area contributed by atoms with Crippen LogP contribution in [0.25, 0.3) is 11.1 Å². The molecule has 0 amide bonds. The van der Waals surface area contributed by atoms with Gasteiger partial charge in [-0.25, -0.2) is 4.99 Å². The van der Waals surface area contributed by atoms with Gasteiger partial charge in [0.15, 0.2) is 5.11 Å². The lowest BCUT2D eigenvalue weighted by Gasteiger charge is -2.11. The molecule has 0 aliphatic carbocycles. The Morgan fingerprint density at radius 1 is 0.792 bits per heavy atom. The van der Waals surface area contributed by atoms with Crippen molar-refractivity contribution in [3.8, 4) is 11.1 Å². The second-order valence-corrected chi connectivity index (χ2v) is 5.65. The molecule has 24 heavy (non-hydrogen) atoms. The Morgan fingerprint density at radius 2 is 1.42 bits per heavy atom. The van der Waals surface area contributed by atoms with E-state index in [1.807, 2.05) is 60.7 Å². The first kappa shape index (κ1) is 15.9. The van der Waals surface area contributed by atoms with Gasteiger partial charge in [0.05, 0.1) is 0 Å². The van der Waals surface area contributed by atoms with Gasteiger partial charge < -0.3 is 11.1 Å². The van der Waals surface area contributed by atoms with Crippen LogP contribution >= 0.6 is 12.2 Å². The van der Waals surface area contributed by atoms with Crippen molar-refractivity contribution in [3.63, 3.8) is 0 Å². The van der Waals surface area contributed by atoms with Crippen LogP contribution in [-0.4, -0.2) is 10.9 Å². The van der Waals surface area contributed by atoms with Gasteiger partial charge in [0.25, 0.3) is 0 Å². The van der Waals surface area contributed by atoms with Crippen molar-refractivity contribution in [2.45, 2.75) is 0 Å². The third kappa shape index (κ3) is 4.06. The Kier molecular flexibility index (Phi) is 4.99. The summed E-state index contributed by atoms with van der Waals surface area (Å²) in [6.45, 7) is 0. The van der Waals surface area contributed by atoms with Gasteiger partial charge in [-0.15, -0.1) is 0 Å². The monoisotopic (exact) mass is 331 g/mol. The van der Waals surface area contributed by atoms with E-state index in [-0.39, 0.29) is 5.11 Å². The number of nitrogens with zero attached hydrogens (tertiary/aromatic N) is 1. The van der Waals surface area contributed by atoms with Crippen LogP contribution in [0.1, 0.15) is 5.56 Å². The molecule has 0 saturated carbocycles. The number of amidine groups is 1. The van der Waals surface area contributed by atoms with E-state index in [1.165, 1.54) is 0 Å². The summed E-state index contributed by atoms with van der Waals surface area (Å²) in [6.07, 6.45) is 0. The molecule has 0 aromatic heterocycles. The molecule has 0 radical (unpaired) electrons. The lowest BCUT2D eigenvalue weighted by Crippen LogP contribution is -2.18. The first-order chi connectivity index (χ1) is 11.7. The molecular formula is C20H17N3S. The van der Waals surface area contributed by atoms with Crippen LogP contribution in [0.2, 0.25) is 0 Å². The molecule has 3 N–H and O–H groups in total. The maximum atomic E-state index is 5.61. The van der Waals surface area contributed by atoms with E-state index in [0.29, 0.717) is 5.84 Å². The zero-order chi connectivity index (χ0) is 16.8. The lowest BCUT2D eigenvalue weighted by molar-refractivity contribution is 1.51. The summed E-state index contributed by atoms with van der Waals surface area (Å²) in [5.41, 5.74) is 9.75. The molecule has 0 aliphatic heterocycles. The van der Waals surface area contributed by atoms with Crippen LogP contribution in [0.5, 0.6) is 0 Å². The topological polar surface area (TPSA) is 50.4 Å². The Hall–Kier alpha value is -2.98. The zero-order valence-electron chi connectivity index (χ0n) is 13.0. The number of thiocarbonyl (C=S) groups is 1. The number of anilines is 1. The average molecular weight is 331 g/mol. The Bertz CT molecular complexity index is 858. The molecule has 118 valence electrons. The summed E-state index contributed by atoms with van der Waals surface area (Å²) < 4.78 is 0. The zero-order valence-corrected chi connectivity index (χ0v) is 13.8. The van der Waals surface area contributed by atoms with Crippen LogP contribution in [0.4, 0.5) is 5.69 Å². The van der Waals surface area contributed by atoms with Crippen molar-refractivity contribution in [1.82, 2.24) is 0 Å². The van der Waals surface area contributed by atoms with E-state index in [9.17, 15) is 0 Å². The van der Waals surface area contributed by atoms with Gasteiger partial charge in [-0.05, 0) is 35.5 Å². The first-order valence-electron chi connectivity index (χ1n) is 7.58. The predicted octanol–water partition coefficient (Wildman–Crippen LogP) is 4.46. The molecule has 0 spiro atoms. The number of aliphatic imine (C=N–C) groups is 1. The highest BCUT2D eigenvalue weighted by Gasteiger charge is 2.06. The summed E-state index contributed by atoms with van der Waals surface area (Å²) >= 11 is 4.94. The SMILES string of the molecule is NC(=S)/N=C(\Nc1cccc(-c2ccccc2)c1)c1ccccc1. The van der Waals surface area contributed by atoms with Crippen LogP contribution in [-0.2, 0) is 0 Å². The van der Waals surface area contributed by atoms with E-state index in [1.54, 1.807) is 0 Å². The van der Waals surface area contributed by atoms with Crippen molar-refractivity contribution in [3.05, 3.63) is 90.5 Å². The molecule has 0 bridgehead atoms. The number of hydrogen-bond donors (Lipinski definition) is 2. The summed E-state index contributed by atoms with van der Waals surface area (Å²) in [6, 6.07) is 28.2. The summed E-state index contributed by atoms with van der Waals surface area (Å²) in [4.78, 5) is 4.26. The van der Waals surface area contributed by atoms with Crippen molar-refractivity contribution in [1.29, 1.82) is 0 Å². The van der Waals surface area contributed by atoms with E-state index in [2.05, 4.69) is 34.6 Å². The molecule has 0 fully saturated rings. The second-order valence-electron chi connectivity index (χ2n) is 5.24. The number of hydrogen-bond acceptors (Lipinski definition) is 1. The Balaban J connectivity index is 1.92. The smallest absolute Gasteiger partial charge is 0.192 e. The van der Waals surface area contributed by atoms with Gasteiger partial charge in [0.2, 0.25) is 0 Å². The molecule has 0 atom stereocenters. The van der Waals surface area contributed by atoms with Crippen LogP contribution in [0, 0.1) is 0 Å². The quantitative estimate of drug-likeness (QED) is 0.423. The number of rotatable bonds is 3. The van der Waals surface area contributed by atoms with E-state index >= 15 is 0 Å². The van der Waals surface area contributed by atoms with Crippen molar-refractivity contribution >= 4 is 28.9 Å². The molecule has 3 rings (SSSR count). The number of benzene rings is 3. The third-order valence-corrected chi connectivity index (χ3v) is 3.59. The molecule has 3 aromatic rings. The lowest BCUT2D eigenvalue weighted by atomic mass is 10.1. The van der Waals surface area contributed by atoms with Gasteiger partial charge in [-0.1, -0.05) is 72.8 Å². The molecule has 3 nitrogen and oxygen atoms in total. The molecule has 4 heteroatoms. The van der Waals surface area contributed by atoms with Crippen LogP contribution in [0.3, 0.4) is 0 Å². The minimum Gasteiger partial charge on any atom is -0.374 e. The first-order valence-corrected chi connectivity index (χ1v) is 7.99. The molecular weight excluding hydrogens is 314 g/mol. The minimum absolute atomic E-state index is 0.0977. The maximum absolute atomic E-state index is 5.61. The summed E-state index contributed by atoms with van der Waals surface area (Å²) in [7, 11) is 0. The third-order valence-electron chi connectivity index (χ3n) is 3.50. The number of nitrogens with two attached hydrogens (primary N) is 1. The molecule has 0 heterocycles. The highest BCUT2D eigenvalue weighted by atomic mass is 32.1. The second kappa shape index (κ2) is 7.53. The van der Waals surface area contributed by atoms with Crippen molar-refractivity contribution in [2.75, 3.05) is 5.32 Å². The maximum Gasteiger partial charge on any atom is 0.192 e. The fourth-order valence-electron chi connectivity index (χ4n) is 2.41. The Labute approximate surface area is 146 Å². The summed E-state index contributed by atoms with van der Waals surface area (Å²) in [5.74, 6) is 0.633. The summed E-state index contributed by atoms with van der Waals surface area (Å²) in [5, 5.41) is 3.42. The highest BCUT2D eigenvalue weighted by molar-refractivity contribution is 7.80. The molecule has 0 aliphatic rings. The fraction of sp³-hybridized carbons (Fsp3) is 0. The van der Waals surface area contributed by atoms with Gasteiger partial charge >= 0.3 is 0 Å². The van der Waals surface area contributed by atoms with Gasteiger partial charge in [-0.2, -0.15) is 0 Å². The largest absolute Gasteiger partial charge is 0.374 e. The van der Waals surface area contributed by atoms with Gasteiger partial charge in [0, 0.05) is 11.3 Å².